The van der Waals surface area contributed by atoms with Gasteiger partial charge in [-0.05, 0) is 36.4 Å². The van der Waals surface area contributed by atoms with E-state index in [0.717, 1.165) is 24.3 Å². The first-order chi connectivity index (χ1) is 12.9. The molecular formula is C16H13ClF3N3O4S. The molecule has 0 spiro atoms. The first-order valence-corrected chi connectivity index (χ1v) is 9.49. The lowest BCUT2D eigenvalue weighted by Gasteiger charge is -2.12. The van der Waals surface area contributed by atoms with Gasteiger partial charge in [0.1, 0.15) is 10.6 Å². The molecule has 0 saturated heterocycles. The Morgan fingerprint density at radius 1 is 1.04 bits per heavy atom. The molecule has 3 aromatic rings. The van der Waals surface area contributed by atoms with Gasteiger partial charge in [0.05, 0.1) is 16.1 Å². The van der Waals surface area contributed by atoms with Crippen molar-refractivity contribution in [1.29, 1.82) is 0 Å². The molecule has 1 heterocycles. The number of hydrogen-bond donors (Lipinski definition) is 1. The predicted molar refractivity (Wildman–Crippen MR) is 97.1 cm³/mol. The van der Waals surface area contributed by atoms with Gasteiger partial charge >= 0.3 is 12.1 Å². The Hall–Kier alpha value is -2.66. The van der Waals surface area contributed by atoms with Crippen LogP contribution in [0.15, 0.2) is 46.1 Å². The Balaban J connectivity index is 1.96. The van der Waals surface area contributed by atoms with Crippen molar-refractivity contribution in [2.24, 2.45) is 14.1 Å². The maximum absolute atomic E-state index is 12.7. The fourth-order valence-electron chi connectivity index (χ4n) is 2.64. The zero-order chi connectivity index (χ0) is 20.9. The summed E-state index contributed by atoms with van der Waals surface area (Å²) in [6, 6.07) is 6.77. The molecule has 0 atom stereocenters. The van der Waals surface area contributed by atoms with Crippen LogP contribution in [0.1, 0.15) is 0 Å². The molecule has 0 aliphatic heterocycles. The number of fused-ring (bicyclic) bond motifs is 1. The van der Waals surface area contributed by atoms with Crippen LogP contribution >= 0.6 is 11.6 Å². The van der Waals surface area contributed by atoms with Crippen LogP contribution in [0.5, 0.6) is 5.75 Å². The quantitative estimate of drug-likeness (QED) is 0.682. The van der Waals surface area contributed by atoms with Crippen molar-refractivity contribution in [2.45, 2.75) is 11.3 Å². The van der Waals surface area contributed by atoms with Crippen molar-refractivity contribution >= 4 is 38.3 Å². The molecule has 0 aliphatic rings. The number of alkyl halides is 3. The van der Waals surface area contributed by atoms with Crippen LogP contribution in [-0.2, 0) is 24.1 Å². The van der Waals surface area contributed by atoms with E-state index in [2.05, 4.69) is 9.46 Å². The molecule has 0 amide bonds. The highest BCUT2D eigenvalue weighted by Crippen LogP contribution is 2.29. The molecule has 150 valence electrons. The van der Waals surface area contributed by atoms with Crippen LogP contribution in [0.25, 0.3) is 11.0 Å². The van der Waals surface area contributed by atoms with Gasteiger partial charge in [-0.15, -0.1) is 13.2 Å². The average molecular weight is 436 g/mol. The Morgan fingerprint density at radius 2 is 1.57 bits per heavy atom. The number of benzene rings is 2. The first-order valence-electron chi connectivity index (χ1n) is 7.62. The van der Waals surface area contributed by atoms with E-state index in [1.165, 1.54) is 35.4 Å². The zero-order valence-corrected chi connectivity index (χ0v) is 16.0. The SMILES string of the molecule is Cn1c(=O)n(C)c2cc(S(=O)(=O)Nc3ccc(OC(F)(F)F)cc3)c(Cl)cc21. The van der Waals surface area contributed by atoms with Gasteiger partial charge in [-0.3, -0.25) is 13.9 Å². The molecule has 0 aliphatic carbocycles. The van der Waals surface area contributed by atoms with Crippen LogP contribution < -0.4 is 15.1 Å². The second kappa shape index (κ2) is 6.74. The summed E-state index contributed by atoms with van der Waals surface area (Å²) in [6.07, 6.45) is -4.85. The molecule has 0 fully saturated rings. The third-order valence-corrected chi connectivity index (χ3v) is 5.80. The van der Waals surface area contributed by atoms with Crippen molar-refractivity contribution in [3.05, 3.63) is 51.9 Å². The van der Waals surface area contributed by atoms with Crippen molar-refractivity contribution in [3.8, 4) is 5.75 Å². The molecule has 12 heteroatoms. The van der Waals surface area contributed by atoms with E-state index in [1.54, 1.807) is 0 Å². The number of aromatic nitrogens is 2. The van der Waals surface area contributed by atoms with Crippen molar-refractivity contribution < 1.29 is 26.3 Å². The Kier molecular flexibility index (Phi) is 4.84. The van der Waals surface area contributed by atoms with Crippen LogP contribution in [0.3, 0.4) is 0 Å². The maximum Gasteiger partial charge on any atom is 0.573 e. The monoisotopic (exact) mass is 435 g/mol. The molecule has 0 radical (unpaired) electrons. The van der Waals surface area contributed by atoms with Crippen molar-refractivity contribution in [1.82, 2.24) is 9.13 Å². The van der Waals surface area contributed by atoms with Crippen molar-refractivity contribution in [3.63, 3.8) is 0 Å². The van der Waals surface area contributed by atoms with E-state index in [-0.39, 0.29) is 21.3 Å². The van der Waals surface area contributed by atoms with E-state index in [4.69, 9.17) is 11.6 Å². The van der Waals surface area contributed by atoms with E-state index in [0.29, 0.717) is 11.0 Å². The number of rotatable bonds is 4. The molecule has 0 saturated carbocycles. The Labute approximate surface area is 161 Å². The lowest BCUT2D eigenvalue weighted by molar-refractivity contribution is -0.274. The molecule has 0 bridgehead atoms. The maximum atomic E-state index is 12.7. The summed E-state index contributed by atoms with van der Waals surface area (Å²) < 4.78 is 70.5. The number of halogens is 4. The predicted octanol–water partition coefficient (Wildman–Crippen LogP) is 3.23. The summed E-state index contributed by atoms with van der Waals surface area (Å²) in [5, 5.41) is -0.113. The second-order valence-corrected chi connectivity index (χ2v) is 7.91. The summed E-state index contributed by atoms with van der Waals surface area (Å²) in [4.78, 5) is 11.7. The molecule has 7 nitrogen and oxygen atoms in total. The van der Waals surface area contributed by atoms with Crippen molar-refractivity contribution in [2.75, 3.05) is 4.72 Å². The molecule has 2 aromatic carbocycles. The van der Waals surface area contributed by atoms with Gasteiger partial charge in [0.25, 0.3) is 10.0 Å². The van der Waals surface area contributed by atoms with Crippen LogP contribution in [0.4, 0.5) is 18.9 Å². The largest absolute Gasteiger partial charge is 0.573 e. The summed E-state index contributed by atoms with van der Waals surface area (Å²) in [5.74, 6) is -0.491. The van der Waals surface area contributed by atoms with E-state index in [9.17, 15) is 26.4 Å². The topological polar surface area (TPSA) is 82.3 Å². The molecular weight excluding hydrogens is 423 g/mol. The normalized spacial score (nSPS) is 12.4. The number of hydrogen-bond acceptors (Lipinski definition) is 4. The van der Waals surface area contributed by atoms with Gasteiger partial charge in [0, 0.05) is 19.8 Å². The van der Waals surface area contributed by atoms with Gasteiger partial charge in [0.2, 0.25) is 0 Å². The Bertz CT molecular complexity index is 1220. The standard InChI is InChI=1S/C16H13ClF3N3O4S/c1-22-12-7-11(17)14(8-13(12)23(2)15(22)24)28(25,26)21-9-3-5-10(6-4-9)27-16(18,19)20/h3-8,21H,1-2H3. The number of sulfonamides is 1. The lowest BCUT2D eigenvalue weighted by atomic mass is 10.3. The van der Waals surface area contributed by atoms with Crippen LogP contribution in [0.2, 0.25) is 5.02 Å². The number of ether oxygens (including phenoxy) is 1. The van der Waals surface area contributed by atoms with Gasteiger partial charge in [-0.25, -0.2) is 13.2 Å². The van der Waals surface area contributed by atoms with Crippen LogP contribution in [0, 0.1) is 0 Å². The van der Waals surface area contributed by atoms with Crippen LogP contribution in [-0.4, -0.2) is 23.9 Å². The molecule has 1 aromatic heterocycles. The van der Waals surface area contributed by atoms with Gasteiger partial charge < -0.3 is 4.74 Å². The molecule has 3 rings (SSSR count). The summed E-state index contributed by atoms with van der Waals surface area (Å²) >= 11 is 6.10. The highest BCUT2D eigenvalue weighted by Gasteiger charge is 2.31. The fraction of sp³-hybridized carbons (Fsp3) is 0.188. The summed E-state index contributed by atoms with van der Waals surface area (Å²) in [7, 11) is -1.16. The highest BCUT2D eigenvalue weighted by atomic mass is 35.5. The molecule has 1 N–H and O–H groups in total. The van der Waals surface area contributed by atoms with Gasteiger partial charge in [-0.2, -0.15) is 0 Å². The lowest BCUT2D eigenvalue weighted by Crippen LogP contribution is -2.19. The van der Waals surface area contributed by atoms with E-state index >= 15 is 0 Å². The third-order valence-electron chi connectivity index (χ3n) is 3.96. The summed E-state index contributed by atoms with van der Waals surface area (Å²) in [5.41, 5.74) is 0.456. The Morgan fingerprint density at radius 3 is 2.11 bits per heavy atom. The number of nitrogens with zero attached hydrogens (tertiary/aromatic N) is 2. The molecule has 0 unspecified atom stereocenters. The average Bonchev–Trinajstić information content (AvgIpc) is 2.78. The first kappa shape index (κ1) is 20.1. The molecule has 28 heavy (non-hydrogen) atoms. The smallest absolute Gasteiger partial charge is 0.406 e. The zero-order valence-electron chi connectivity index (χ0n) is 14.4. The number of aryl methyl sites for hydroxylation is 2. The summed E-state index contributed by atoms with van der Waals surface area (Å²) in [6.45, 7) is 0. The number of imidazole rings is 1. The van der Waals surface area contributed by atoms with Gasteiger partial charge in [-0.1, -0.05) is 11.6 Å². The minimum atomic E-state index is -4.85. The van der Waals surface area contributed by atoms with E-state index in [1.807, 2.05) is 0 Å². The minimum absolute atomic E-state index is 0.00707. The third kappa shape index (κ3) is 3.80. The number of anilines is 1. The minimum Gasteiger partial charge on any atom is -0.406 e. The van der Waals surface area contributed by atoms with E-state index < -0.39 is 22.1 Å². The van der Waals surface area contributed by atoms with Gasteiger partial charge in [0.15, 0.2) is 0 Å². The fourth-order valence-corrected chi connectivity index (χ4v) is 4.24. The number of nitrogens with one attached hydrogen (secondary N) is 1. The second-order valence-electron chi connectivity index (χ2n) is 5.85. The highest BCUT2D eigenvalue weighted by molar-refractivity contribution is 7.92.